The van der Waals surface area contributed by atoms with Gasteiger partial charge in [-0.3, -0.25) is 0 Å². The summed E-state index contributed by atoms with van der Waals surface area (Å²) in [5.41, 5.74) is 0. The average Bonchev–Trinajstić information content (AvgIpc) is 2.70. The van der Waals surface area contributed by atoms with Crippen molar-refractivity contribution in [3.05, 3.63) is 22.4 Å². The Bertz CT molecular complexity index is 226. The van der Waals surface area contributed by atoms with Gasteiger partial charge in [-0.25, -0.2) is 0 Å². The third kappa shape index (κ3) is 4.19. The van der Waals surface area contributed by atoms with Crippen LogP contribution in [-0.4, -0.2) is 31.5 Å². The van der Waals surface area contributed by atoms with Gasteiger partial charge in [-0.15, -0.1) is 11.3 Å². The molecule has 0 aliphatic carbocycles. The first-order valence-corrected chi connectivity index (χ1v) is 5.68. The molecule has 0 saturated carbocycles. The quantitative estimate of drug-likeness (QED) is 0.676. The zero-order chi connectivity index (χ0) is 10.2. The Morgan fingerprint density at radius 3 is 3.07 bits per heavy atom. The van der Waals surface area contributed by atoms with Crippen LogP contribution in [0.1, 0.15) is 17.8 Å². The lowest BCUT2D eigenvalue weighted by molar-refractivity contribution is 0.0929. The van der Waals surface area contributed by atoms with Crippen molar-refractivity contribution < 1.29 is 9.84 Å². The molecule has 14 heavy (non-hydrogen) atoms. The predicted octanol–water partition coefficient (Wildman–Crippen LogP) is 1.41. The topological polar surface area (TPSA) is 41.5 Å². The molecular formula is C10H17NO2S. The lowest BCUT2D eigenvalue weighted by Gasteiger charge is -2.11. The van der Waals surface area contributed by atoms with Gasteiger partial charge >= 0.3 is 0 Å². The highest BCUT2D eigenvalue weighted by atomic mass is 32.1. The van der Waals surface area contributed by atoms with Gasteiger partial charge in [0.2, 0.25) is 0 Å². The molecule has 0 bridgehead atoms. The molecule has 1 rings (SSSR count). The van der Waals surface area contributed by atoms with Crippen molar-refractivity contribution in [1.29, 1.82) is 0 Å². The summed E-state index contributed by atoms with van der Waals surface area (Å²) in [6.45, 7) is 4.13. The largest absolute Gasteiger partial charge is 0.394 e. The second kappa shape index (κ2) is 6.95. The van der Waals surface area contributed by atoms with Crippen LogP contribution in [-0.2, 0) is 4.74 Å². The van der Waals surface area contributed by atoms with Gasteiger partial charge in [0.05, 0.1) is 19.8 Å². The maximum absolute atomic E-state index is 8.48. The lowest BCUT2D eigenvalue weighted by atomic mass is 10.3. The number of aliphatic hydroxyl groups is 1. The minimum atomic E-state index is 0.0977. The molecule has 1 aromatic heterocycles. The molecular weight excluding hydrogens is 198 g/mol. The molecule has 0 aromatic carbocycles. The first-order valence-electron chi connectivity index (χ1n) is 4.80. The Morgan fingerprint density at radius 1 is 1.57 bits per heavy atom. The van der Waals surface area contributed by atoms with Crippen LogP contribution in [0.5, 0.6) is 0 Å². The van der Waals surface area contributed by atoms with Crippen molar-refractivity contribution in [3.63, 3.8) is 0 Å². The minimum Gasteiger partial charge on any atom is -0.394 e. The Kier molecular flexibility index (Phi) is 5.78. The maximum Gasteiger partial charge on any atom is 0.0698 e. The van der Waals surface area contributed by atoms with Crippen molar-refractivity contribution in [2.24, 2.45) is 0 Å². The van der Waals surface area contributed by atoms with Gasteiger partial charge in [0.25, 0.3) is 0 Å². The summed E-state index contributed by atoms with van der Waals surface area (Å²) in [6, 6.07) is 4.56. The number of hydrogen-bond donors (Lipinski definition) is 2. The van der Waals surface area contributed by atoms with Crippen LogP contribution in [0.2, 0.25) is 0 Å². The Labute approximate surface area is 88.7 Å². The van der Waals surface area contributed by atoms with Gasteiger partial charge in [0, 0.05) is 17.5 Å². The summed E-state index contributed by atoms with van der Waals surface area (Å²) in [5, 5.41) is 13.9. The molecule has 1 aromatic rings. The summed E-state index contributed by atoms with van der Waals surface area (Å²) in [5.74, 6) is 0. The normalized spacial score (nSPS) is 13.0. The van der Waals surface area contributed by atoms with E-state index in [1.807, 2.05) is 0 Å². The van der Waals surface area contributed by atoms with Crippen LogP contribution in [0.4, 0.5) is 0 Å². The molecule has 80 valence electrons. The van der Waals surface area contributed by atoms with Gasteiger partial charge in [-0.05, 0) is 18.4 Å². The van der Waals surface area contributed by atoms with E-state index in [1.165, 1.54) is 4.88 Å². The van der Waals surface area contributed by atoms with E-state index in [2.05, 4.69) is 29.8 Å². The van der Waals surface area contributed by atoms with Gasteiger partial charge in [-0.2, -0.15) is 0 Å². The third-order valence-corrected chi connectivity index (χ3v) is 2.96. The molecule has 1 atom stereocenters. The van der Waals surface area contributed by atoms with Crippen LogP contribution < -0.4 is 5.32 Å². The fourth-order valence-electron chi connectivity index (χ4n) is 1.15. The number of hydrogen-bond acceptors (Lipinski definition) is 4. The van der Waals surface area contributed by atoms with Crippen molar-refractivity contribution in [3.8, 4) is 0 Å². The molecule has 2 N–H and O–H groups in total. The number of aliphatic hydroxyl groups excluding tert-OH is 1. The monoisotopic (exact) mass is 215 g/mol. The van der Waals surface area contributed by atoms with E-state index in [0.717, 1.165) is 6.54 Å². The highest BCUT2D eigenvalue weighted by Crippen LogP contribution is 2.17. The summed E-state index contributed by atoms with van der Waals surface area (Å²) in [6.07, 6.45) is 0. The first kappa shape index (κ1) is 11.7. The van der Waals surface area contributed by atoms with E-state index in [9.17, 15) is 0 Å². The molecule has 1 heterocycles. The molecule has 0 fully saturated rings. The Hall–Kier alpha value is -0.420. The Balaban J connectivity index is 2.07. The molecule has 0 amide bonds. The lowest BCUT2D eigenvalue weighted by Crippen LogP contribution is -2.23. The summed E-state index contributed by atoms with van der Waals surface area (Å²) in [7, 11) is 0. The number of thiophene rings is 1. The van der Waals surface area contributed by atoms with E-state index in [0.29, 0.717) is 19.3 Å². The maximum atomic E-state index is 8.48. The zero-order valence-electron chi connectivity index (χ0n) is 8.40. The molecule has 0 radical (unpaired) electrons. The molecule has 4 heteroatoms. The fraction of sp³-hybridized carbons (Fsp3) is 0.600. The first-order chi connectivity index (χ1) is 6.84. The molecule has 0 aliphatic rings. The van der Waals surface area contributed by atoms with Crippen LogP contribution >= 0.6 is 11.3 Å². The van der Waals surface area contributed by atoms with Gasteiger partial charge < -0.3 is 15.2 Å². The second-order valence-corrected chi connectivity index (χ2v) is 4.01. The van der Waals surface area contributed by atoms with Gasteiger partial charge in [-0.1, -0.05) is 6.07 Å². The summed E-state index contributed by atoms with van der Waals surface area (Å²) < 4.78 is 5.14. The average molecular weight is 215 g/mol. The molecule has 3 nitrogen and oxygen atoms in total. The highest BCUT2D eigenvalue weighted by Gasteiger charge is 2.03. The van der Waals surface area contributed by atoms with E-state index < -0.39 is 0 Å². The van der Waals surface area contributed by atoms with E-state index in [-0.39, 0.29) is 6.61 Å². The zero-order valence-corrected chi connectivity index (χ0v) is 9.22. The van der Waals surface area contributed by atoms with Crippen LogP contribution in [0.3, 0.4) is 0 Å². The van der Waals surface area contributed by atoms with Crippen LogP contribution in [0.15, 0.2) is 17.5 Å². The highest BCUT2D eigenvalue weighted by molar-refractivity contribution is 7.10. The molecule has 0 aliphatic heterocycles. The van der Waals surface area contributed by atoms with E-state index in [1.54, 1.807) is 11.3 Å². The standard InChI is InChI=1S/C10H17NO2S/c1-9(10-3-2-8-14-10)11-4-6-13-7-5-12/h2-3,8-9,11-12H,4-7H2,1H3/t9-/m1/s1. The van der Waals surface area contributed by atoms with E-state index >= 15 is 0 Å². The fourth-order valence-corrected chi connectivity index (χ4v) is 1.91. The number of nitrogens with one attached hydrogen (secondary N) is 1. The summed E-state index contributed by atoms with van der Waals surface area (Å²) in [4.78, 5) is 1.34. The molecule has 0 spiro atoms. The van der Waals surface area contributed by atoms with Crippen LogP contribution in [0.25, 0.3) is 0 Å². The van der Waals surface area contributed by atoms with Crippen LogP contribution in [0, 0.1) is 0 Å². The molecule has 0 unspecified atom stereocenters. The SMILES string of the molecule is C[C@@H](NCCOCCO)c1cccs1. The van der Waals surface area contributed by atoms with Crippen molar-refractivity contribution >= 4 is 11.3 Å². The van der Waals surface area contributed by atoms with E-state index in [4.69, 9.17) is 9.84 Å². The smallest absolute Gasteiger partial charge is 0.0698 e. The third-order valence-electron chi connectivity index (χ3n) is 1.90. The Morgan fingerprint density at radius 2 is 2.43 bits per heavy atom. The second-order valence-electron chi connectivity index (χ2n) is 3.03. The minimum absolute atomic E-state index is 0.0977. The van der Waals surface area contributed by atoms with Gasteiger partial charge in [0.15, 0.2) is 0 Å². The van der Waals surface area contributed by atoms with Gasteiger partial charge in [0.1, 0.15) is 0 Å². The summed E-state index contributed by atoms with van der Waals surface area (Å²) >= 11 is 1.76. The number of rotatable bonds is 7. The number of ether oxygens (including phenoxy) is 1. The van der Waals surface area contributed by atoms with Crippen molar-refractivity contribution in [2.45, 2.75) is 13.0 Å². The molecule has 0 saturated heterocycles. The van der Waals surface area contributed by atoms with Crippen molar-refractivity contribution in [2.75, 3.05) is 26.4 Å². The predicted molar refractivity (Wildman–Crippen MR) is 58.6 cm³/mol. The van der Waals surface area contributed by atoms with Crippen molar-refractivity contribution in [1.82, 2.24) is 5.32 Å².